The smallest absolute Gasteiger partial charge is 0.130 e. The molecule has 0 saturated heterocycles. The molecule has 0 amide bonds. The lowest BCUT2D eigenvalue weighted by atomic mass is 9.92. The predicted molar refractivity (Wildman–Crippen MR) is 76.1 cm³/mol. The lowest BCUT2D eigenvalue weighted by Crippen LogP contribution is -2.28. The Morgan fingerprint density at radius 2 is 1.10 bits per heavy atom. The monoisotopic (exact) mass is 276 g/mol. The van der Waals surface area contributed by atoms with Gasteiger partial charge in [0, 0.05) is 11.1 Å². The number of rotatable bonds is 3. The van der Waals surface area contributed by atoms with Crippen LogP contribution < -0.4 is 11.5 Å². The summed E-state index contributed by atoms with van der Waals surface area (Å²) in [6.45, 7) is 3.31. The fraction of sp³-hybridized carbons (Fsp3) is 0.250. The minimum absolute atomic E-state index is 0.304. The van der Waals surface area contributed by atoms with Crippen molar-refractivity contribution in [3.8, 4) is 0 Å². The molecule has 106 valence electrons. The topological polar surface area (TPSA) is 52.0 Å². The van der Waals surface area contributed by atoms with Gasteiger partial charge in [0.1, 0.15) is 11.6 Å². The molecule has 4 N–H and O–H groups in total. The number of aryl methyl sites for hydroxylation is 2. The Morgan fingerprint density at radius 3 is 1.45 bits per heavy atom. The highest BCUT2D eigenvalue weighted by molar-refractivity contribution is 5.33. The standard InChI is InChI=1S/C16H18F2N2/c1-9-5-3-7-11(13(9)17)15(19)16(20)12-8-4-6-10(2)14(12)18/h3-8,15-16H,19-20H2,1-2H3. The lowest BCUT2D eigenvalue weighted by molar-refractivity contribution is 0.498. The van der Waals surface area contributed by atoms with E-state index in [1.54, 1.807) is 50.2 Å². The van der Waals surface area contributed by atoms with E-state index in [4.69, 9.17) is 11.5 Å². The normalized spacial score (nSPS) is 14.1. The maximum absolute atomic E-state index is 14.1. The van der Waals surface area contributed by atoms with Crippen LogP contribution in [0.3, 0.4) is 0 Å². The second kappa shape index (κ2) is 5.69. The highest BCUT2D eigenvalue weighted by Crippen LogP contribution is 2.29. The first-order valence-electron chi connectivity index (χ1n) is 6.44. The van der Waals surface area contributed by atoms with Crippen LogP contribution in [-0.4, -0.2) is 0 Å². The molecule has 0 fully saturated rings. The van der Waals surface area contributed by atoms with Gasteiger partial charge in [-0.3, -0.25) is 0 Å². The van der Waals surface area contributed by atoms with Crippen LogP contribution in [0.15, 0.2) is 36.4 Å². The summed E-state index contributed by atoms with van der Waals surface area (Å²) in [6.07, 6.45) is 0. The average Bonchev–Trinajstić information content (AvgIpc) is 2.43. The van der Waals surface area contributed by atoms with Gasteiger partial charge in [0.05, 0.1) is 12.1 Å². The Labute approximate surface area is 117 Å². The summed E-state index contributed by atoms with van der Waals surface area (Å²) in [5, 5.41) is 0. The van der Waals surface area contributed by atoms with Crippen molar-refractivity contribution in [2.24, 2.45) is 11.5 Å². The summed E-state index contributed by atoms with van der Waals surface area (Å²) in [5.74, 6) is -0.771. The lowest BCUT2D eigenvalue weighted by Gasteiger charge is -2.22. The van der Waals surface area contributed by atoms with E-state index in [2.05, 4.69) is 0 Å². The molecule has 4 heteroatoms. The van der Waals surface area contributed by atoms with Gasteiger partial charge < -0.3 is 11.5 Å². The third-order valence-corrected chi connectivity index (χ3v) is 3.55. The first kappa shape index (κ1) is 14.6. The van der Waals surface area contributed by atoms with Crippen molar-refractivity contribution < 1.29 is 8.78 Å². The second-order valence-electron chi connectivity index (χ2n) is 5.01. The molecule has 0 radical (unpaired) electrons. The zero-order valence-corrected chi connectivity index (χ0v) is 11.5. The molecule has 0 aliphatic heterocycles. The highest BCUT2D eigenvalue weighted by atomic mass is 19.1. The average molecular weight is 276 g/mol. The fourth-order valence-electron chi connectivity index (χ4n) is 2.24. The molecule has 2 unspecified atom stereocenters. The van der Waals surface area contributed by atoms with Gasteiger partial charge in [0.15, 0.2) is 0 Å². The first-order valence-corrected chi connectivity index (χ1v) is 6.44. The molecule has 0 aliphatic carbocycles. The molecule has 2 aromatic carbocycles. The van der Waals surface area contributed by atoms with Gasteiger partial charge in [-0.15, -0.1) is 0 Å². The van der Waals surface area contributed by atoms with Crippen LogP contribution >= 0.6 is 0 Å². The summed E-state index contributed by atoms with van der Waals surface area (Å²) < 4.78 is 28.2. The molecule has 0 bridgehead atoms. The molecule has 2 aromatic rings. The summed E-state index contributed by atoms with van der Waals surface area (Å²) in [5.41, 5.74) is 13.7. The van der Waals surface area contributed by atoms with Crippen LogP contribution in [0.25, 0.3) is 0 Å². The molecule has 0 heterocycles. The summed E-state index contributed by atoms with van der Waals surface area (Å²) >= 11 is 0. The number of halogens is 2. The fourth-order valence-corrected chi connectivity index (χ4v) is 2.24. The van der Waals surface area contributed by atoms with Crippen LogP contribution in [-0.2, 0) is 0 Å². The quantitative estimate of drug-likeness (QED) is 0.904. The maximum atomic E-state index is 14.1. The Kier molecular flexibility index (Phi) is 4.16. The van der Waals surface area contributed by atoms with Crippen LogP contribution in [0.4, 0.5) is 8.78 Å². The zero-order chi connectivity index (χ0) is 14.9. The molecule has 0 saturated carbocycles. The molecular formula is C16H18F2N2. The minimum atomic E-state index is -0.800. The highest BCUT2D eigenvalue weighted by Gasteiger charge is 2.23. The van der Waals surface area contributed by atoms with Crippen molar-refractivity contribution in [1.82, 2.24) is 0 Å². The Bertz CT molecular complexity index is 570. The molecule has 0 spiro atoms. The Morgan fingerprint density at radius 1 is 0.750 bits per heavy atom. The van der Waals surface area contributed by atoms with Gasteiger partial charge in [-0.1, -0.05) is 36.4 Å². The van der Waals surface area contributed by atoms with Crippen molar-refractivity contribution in [2.75, 3.05) is 0 Å². The maximum Gasteiger partial charge on any atom is 0.130 e. The molecular weight excluding hydrogens is 258 g/mol. The van der Waals surface area contributed by atoms with Crippen LogP contribution in [0.5, 0.6) is 0 Å². The van der Waals surface area contributed by atoms with E-state index in [9.17, 15) is 8.78 Å². The molecule has 20 heavy (non-hydrogen) atoms. The van der Waals surface area contributed by atoms with Gasteiger partial charge in [-0.05, 0) is 25.0 Å². The van der Waals surface area contributed by atoms with Crippen molar-refractivity contribution >= 4 is 0 Å². The van der Waals surface area contributed by atoms with E-state index in [1.807, 2.05) is 0 Å². The van der Waals surface area contributed by atoms with E-state index in [1.165, 1.54) is 0 Å². The molecule has 2 atom stereocenters. The van der Waals surface area contributed by atoms with Crippen LogP contribution in [0.1, 0.15) is 34.3 Å². The van der Waals surface area contributed by atoms with Crippen molar-refractivity contribution in [1.29, 1.82) is 0 Å². The van der Waals surface area contributed by atoms with E-state index in [0.717, 1.165) is 0 Å². The van der Waals surface area contributed by atoms with Crippen molar-refractivity contribution in [3.05, 3.63) is 70.3 Å². The van der Waals surface area contributed by atoms with Crippen LogP contribution in [0.2, 0.25) is 0 Å². The van der Waals surface area contributed by atoms with Gasteiger partial charge in [-0.2, -0.15) is 0 Å². The number of nitrogens with two attached hydrogens (primary N) is 2. The molecule has 0 aliphatic rings. The second-order valence-corrected chi connectivity index (χ2v) is 5.01. The Balaban J connectivity index is 2.40. The molecule has 2 rings (SSSR count). The molecule has 0 aromatic heterocycles. The summed E-state index contributed by atoms with van der Waals surface area (Å²) in [6, 6.07) is 8.31. The van der Waals surface area contributed by atoms with E-state index in [0.29, 0.717) is 22.3 Å². The third-order valence-electron chi connectivity index (χ3n) is 3.55. The van der Waals surface area contributed by atoms with Gasteiger partial charge in [0.25, 0.3) is 0 Å². The number of hydrogen-bond acceptors (Lipinski definition) is 2. The largest absolute Gasteiger partial charge is 0.322 e. The number of benzene rings is 2. The minimum Gasteiger partial charge on any atom is -0.322 e. The zero-order valence-electron chi connectivity index (χ0n) is 11.5. The SMILES string of the molecule is Cc1cccc(C(N)C(N)c2cccc(C)c2F)c1F. The van der Waals surface area contributed by atoms with Gasteiger partial charge >= 0.3 is 0 Å². The molecule has 2 nitrogen and oxygen atoms in total. The summed E-state index contributed by atoms with van der Waals surface area (Å²) in [4.78, 5) is 0. The van der Waals surface area contributed by atoms with E-state index >= 15 is 0 Å². The number of hydrogen-bond donors (Lipinski definition) is 2. The summed E-state index contributed by atoms with van der Waals surface area (Å²) in [7, 11) is 0. The van der Waals surface area contributed by atoms with E-state index < -0.39 is 12.1 Å². The predicted octanol–water partition coefficient (Wildman–Crippen LogP) is 3.28. The van der Waals surface area contributed by atoms with Crippen molar-refractivity contribution in [2.45, 2.75) is 25.9 Å². The van der Waals surface area contributed by atoms with Crippen LogP contribution in [0, 0.1) is 25.5 Å². The third kappa shape index (κ3) is 2.57. The van der Waals surface area contributed by atoms with Crippen molar-refractivity contribution in [3.63, 3.8) is 0 Å². The van der Waals surface area contributed by atoms with Gasteiger partial charge in [0.2, 0.25) is 0 Å². The first-order chi connectivity index (χ1) is 9.43. The Hall–Kier alpha value is -1.78. The van der Waals surface area contributed by atoms with E-state index in [-0.39, 0.29) is 11.6 Å². The van der Waals surface area contributed by atoms with Gasteiger partial charge in [-0.25, -0.2) is 8.78 Å².